The average Bonchev–Trinajstić information content (AvgIpc) is 2.27. The molecule has 0 bridgehead atoms. The van der Waals surface area contributed by atoms with Crippen molar-refractivity contribution in [2.24, 2.45) is 0 Å². The van der Waals surface area contributed by atoms with E-state index in [0.717, 1.165) is 16.9 Å². The highest BCUT2D eigenvalue weighted by Crippen LogP contribution is 2.26. The second-order valence-electron chi connectivity index (χ2n) is 3.44. The molecule has 17 heavy (non-hydrogen) atoms. The van der Waals surface area contributed by atoms with Crippen LogP contribution in [0.4, 0.5) is 0 Å². The van der Waals surface area contributed by atoms with Crippen LogP contribution in [0.5, 0.6) is 5.75 Å². The van der Waals surface area contributed by atoms with Gasteiger partial charge in [-0.2, -0.15) is 0 Å². The highest BCUT2D eigenvalue weighted by molar-refractivity contribution is 6.67. The summed E-state index contributed by atoms with van der Waals surface area (Å²) in [6.07, 6.45) is 0. The van der Waals surface area contributed by atoms with Crippen LogP contribution in [0.3, 0.4) is 0 Å². The minimum absolute atomic E-state index is 0.0346. The second-order valence-corrected chi connectivity index (χ2v) is 5.96. The molecule has 0 aliphatic carbocycles. The monoisotopic (exact) mass is 294 g/mol. The zero-order chi connectivity index (χ0) is 12.9. The summed E-state index contributed by atoms with van der Waals surface area (Å²) < 4.78 is 8.92. The summed E-state index contributed by atoms with van der Waals surface area (Å²) in [7, 11) is 1.62. The molecule has 1 rings (SSSR count). The van der Waals surface area contributed by atoms with E-state index in [-0.39, 0.29) is 6.61 Å². The molecule has 5 heteroatoms. The van der Waals surface area contributed by atoms with Crippen LogP contribution in [0.1, 0.15) is 5.56 Å². The van der Waals surface area contributed by atoms with Gasteiger partial charge in [0.15, 0.2) is 0 Å². The SMILES string of the molecule is C=C(COCC(Cl)(Cl)Cl)c1ccc(OC)cc1. The molecule has 0 spiro atoms. The molecule has 0 heterocycles. The van der Waals surface area contributed by atoms with Gasteiger partial charge >= 0.3 is 0 Å². The molecule has 1 aromatic rings. The first-order chi connectivity index (χ1) is 7.92. The van der Waals surface area contributed by atoms with Crippen molar-refractivity contribution < 1.29 is 9.47 Å². The molecule has 0 aromatic heterocycles. The van der Waals surface area contributed by atoms with Gasteiger partial charge < -0.3 is 9.47 Å². The first-order valence-electron chi connectivity index (χ1n) is 4.89. The average molecular weight is 296 g/mol. The summed E-state index contributed by atoms with van der Waals surface area (Å²) in [5.41, 5.74) is 1.79. The minimum atomic E-state index is -1.39. The number of alkyl halides is 3. The zero-order valence-corrected chi connectivity index (χ0v) is 11.6. The van der Waals surface area contributed by atoms with Crippen LogP contribution in [0, 0.1) is 0 Å². The van der Waals surface area contributed by atoms with Gasteiger partial charge in [-0.3, -0.25) is 0 Å². The Kier molecular flexibility index (Phi) is 5.60. The van der Waals surface area contributed by atoms with Crippen LogP contribution >= 0.6 is 34.8 Å². The van der Waals surface area contributed by atoms with Crippen molar-refractivity contribution in [3.63, 3.8) is 0 Å². The third-order valence-corrected chi connectivity index (χ3v) is 2.37. The molecular weight excluding hydrogens is 282 g/mol. The maximum Gasteiger partial charge on any atom is 0.213 e. The summed E-state index contributed by atoms with van der Waals surface area (Å²) in [5.74, 6) is 0.795. The lowest BCUT2D eigenvalue weighted by Crippen LogP contribution is -2.13. The molecule has 0 saturated carbocycles. The highest BCUT2D eigenvalue weighted by atomic mass is 35.6. The summed E-state index contributed by atoms with van der Waals surface area (Å²) in [6.45, 7) is 4.26. The zero-order valence-electron chi connectivity index (χ0n) is 9.38. The Balaban J connectivity index is 2.47. The minimum Gasteiger partial charge on any atom is -0.497 e. The van der Waals surface area contributed by atoms with Crippen molar-refractivity contribution in [1.29, 1.82) is 0 Å². The van der Waals surface area contributed by atoms with E-state index in [1.165, 1.54) is 0 Å². The smallest absolute Gasteiger partial charge is 0.213 e. The summed E-state index contributed by atoms with van der Waals surface area (Å²) >= 11 is 16.7. The van der Waals surface area contributed by atoms with Gasteiger partial charge in [0.1, 0.15) is 5.75 Å². The van der Waals surface area contributed by atoms with Crippen LogP contribution in [0.25, 0.3) is 5.57 Å². The second kappa shape index (κ2) is 6.50. The molecule has 0 fully saturated rings. The Labute approximate surface area is 116 Å². The van der Waals surface area contributed by atoms with Crippen LogP contribution in [0.2, 0.25) is 0 Å². The van der Waals surface area contributed by atoms with E-state index in [0.29, 0.717) is 6.61 Å². The fourth-order valence-corrected chi connectivity index (χ4v) is 1.43. The Hall–Kier alpha value is -0.410. The lowest BCUT2D eigenvalue weighted by Gasteiger charge is -2.12. The molecule has 94 valence electrons. The van der Waals surface area contributed by atoms with Crippen molar-refractivity contribution >= 4 is 40.4 Å². The van der Waals surface area contributed by atoms with Crippen molar-refractivity contribution in [3.8, 4) is 5.75 Å². The van der Waals surface area contributed by atoms with E-state index < -0.39 is 3.79 Å². The normalized spacial score (nSPS) is 11.3. The van der Waals surface area contributed by atoms with E-state index in [1.54, 1.807) is 7.11 Å². The van der Waals surface area contributed by atoms with Crippen molar-refractivity contribution in [2.75, 3.05) is 20.3 Å². The van der Waals surface area contributed by atoms with Crippen molar-refractivity contribution in [1.82, 2.24) is 0 Å². The number of benzene rings is 1. The van der Waals surface area contributed by atoms with E-state index in [2.05, 4.69) is 6.58 Å². The van der Waals surface area contributed by atoms with Crippen molar-refractivity contribution in [2.45, 2.75) is 3.79 Å². The molecule has 0 N–H and O–H groups in total. The largest absolute Gasteiger partial charge is 0.497 e. The molecule has 1 aromatic carbocycles. The third kappa shape index (κ3) is 5.64. The molecule has 0 radical (unpaired) electrons. The number of ether oxygens (including phenoxy) is 2. The Morgan fingerprint density at radius 1 is 1.24 bits per heavy atom. The van der Waals surface area contributed by atoms with Gasteiger partial charge in [0.2, 0.25) is 3.79 Å². The molecule has 0 atom stereocenters. The molecule has 2 nitrogen and oxygen atoms in total. The molecule has 0 unspecified atom stereocenters. The predicted molar refractivity (Wildman–Crippen MR) is 73.1 cm³/mol. The van der Waals surface area contributed by atoms with Crippen LogP contribution < -0.4 is 4.74 Å². The lowest BCUT2D eigenvalue weighted by atomic mass is 10.1. The number of halogens is 3. The van der Waals surface area contributed by atoms with E-state index >= 15 is 0 Å². The number of hydrogen-bond acceptors (Lipinski definition) is 2. The first kappa shape index (κ1) is 14.7. The van der Waals surface area contributed by atoms with E-state index in [1.807, 2.05) is 24.3 Å². The molecule has 0 amide bonds. The van der Waals surface area contributed by atoms with Gasteiger partial charge in [-0.05, 0) is 23.3 Å². The van der Waals surface area contributed by atoms with Gasteiger partial charge in [0, 0.05) is 0 Å². The highest BCUT2D eigenvalue weighted by Gasteiger charge is 2.19. The van der Waals surface area contributed by atoms with Crippen LogP contribution in [-0.2, 0) is 4.74 Å². The maximum absolute atomic E-state index is 5.56. The van der Waals surface area contributed by atoms with Gasteiger partial charge in [-0.25, -0.2) is 0 Å². The van der Waals surface area contributed by atoms with Crippen molar-refractivity contribution in [3.05, 3.63) is 36.4 Å². The van der Waals surface area contributed by atoms with Gasteiger partial charge in [0.05, 0.1) is 20.3 Å². The summed E-state index contributed by atoms with van der Waals surface area (Å²) in [4.78, 5) is 0. The third-order valence-electron chi connectivity index (χ3n) is 2.04. The predicted octanol–water partition coefficient (Wildman–Crippen LogP) is 4.10. The summed E-state index contributed by atoms with van der Waals surface area (Å²) in [5, 5.41) is 0. The fourth-order valence-electron chi connectivity index (χ4n) is 1.20. The van der Waals surface area contributed by atoms with Gasteiger partial charge in [-0.1, -0.05) is 53.5 Å². The van der Waals surface area contributed by atoms with Gasteiger partial charge in [0.25, 0.3) is 0 Å². The topological polar surface area (TPSA) is 18.5 Å². The Morgan fingerprint density at radius 3 is 2.29 bits per heavy atom. The number of hydrogen-bond donors (Lipinski definition) is 0. The molecule has 0 saturated heterocycles. The van der Waals surface area contributed by atoms with E-state index in [9.17, 15) is 0 Å². The van der Waals surface area contributed by atoms with E-state index in [4.69, 9.17) is 44.3 Å². The first-order valence-corrected chi connectivity index (χ1v) is 6.02. The number of rotatable bonds is 5. The van der Waals surface area contributed by atoms with Crippen LogP contribution in [0.15, 0.2) is 30.8 Å². The standard InChI is InChI=1S/C12H13Cl3O2/c1-9(7-17-8-12(13,14)15)10-3-5-11(16-2)6-4-10/h3-6H,1,7-8H2,2H3. The van der Waals surface area contributed by atoms with Gasteiger partial charge in [-0.15, -0.1) is 0 Å². The lowest BCUT2D eigenvalue weighted by molar-refractivity contribution is 0.173. The Bertz CT molecular complexity index is 368. The Morgan fingerprint density at radius 2 is 1.82 bits per heavy atom. The maximum atomic E-state index is 5.56. The van der Waals surface area contributed by atoms with Crippen LogP contribution in [-0.4, -0.2) is 24.1 Å². The fraction of sp³-hybridized carbons (Fsp3) is 0.333. The summed E-state index contributed by atoms with van der Waals surface area (Å²) in [6, 6.07) is 7.52. The molecular formula is C12H13Cl3O2. The number of methoxy groups -OCH3 is 1. The molecule has 0 aliphatic rings. The quantitative estimate of drug-likeness (QED) is 0.762. The molecule has 0 aliphatic heterocycles.